The molecule has 0 saturated carbocycles. The first-order valence-electron chi connectivity index (χ1n) is 27.4. The van der Waals surface area contributed by atoms with E-state index in [1.807, 2.05) is 0 Å². The Morgan fingerprint density at radius 2 is 0.541 bits per heavy atom. The third-order valence-electron chi connectivity index (χ3n) is 12.5. The van der Waals surface area contributed by atoms with Crippen molar-refractivity contribution in [1.82, 2.24) is 0 Å². The molecule has 6 nitrogen and oxygen atoms in total. The van der Waals surface area contributed by atoms with E-state index in [0.29, 0.717) is 19.3 Å². The van der Waals surface area contributed by atoms with E-state index in [1.54, 1.807) is 0 Å². The highest BCUT2D eigenvalue weighted by Gasteiger charge is 2.19. The molecule has 0 aromatic heterocycles. The molecule has 0 aliphatic heterocycles. The predicted octanol–water partition coefficient (Wildman–Crippen LogP) is 17.8. The maximum atomic E-state index is 12.8. The normalized spacial score (nSPS) is 12.0. The predicted molar refractivity (Wildman–Crippen MR) is 261 cm³/mol. The van der Waals surface area contributed by atoms with Gasteiger partial charge in [-0.3, -0.25) is 14.4 Å². The summed E-state index contributed by atoms with van der Waals surface area (Å²) in [5.41, 5.74) is 0. The van der Waals surface area contributed by atoms with Gasteiger partial charge in [-0.1, -0.05) is 272 Å². The molecule has 1 atom stereocenters. The molecule has 0 aromatic carbocycles. The molecule has 0 spiro atoms. The monoisotopic (exact) mass is 863 g/mol. The summed E-state index contributed by atoms with van der Waals surface area (Å²) in [5, 5.41) is 0. The van der Waals surface area contributed by atoms with Crippen LogP contribution in [0.3, 0.4) is 0 Å². The van der Waals surface area contributed by atoms with Gasteiger partial charge in [-0.15, -0.1) is 0 Å². The molecule has 0 aliphatic rings. The van der Waals surface area contributed by atoms with E-state index in [4.69, 9.17) is 14.2 Å². The lowest BCUT2D eigenvalue weighted by Crippen LogP contribution is -2.30. The van der Waals surface area contributed by atoms with Crippen LogP contribution >= 0.6 is 0 Å². The highest BCUT2D eigenvalue weighted by molar-refractivity contribution is 5.71. The lowest BCUT2D eigenvalue weighted by molar-refractivity contribution is -0.167. The summed E-state index contributed by atoms with van der Waals surface area (Å²) < 4.78 is 16.9. The van der Waals surface area contributed by atoms with Crippen LogP contribution in [-0.2, 0) is 28.6 Å². The fourth-order valence-electron chi connectivity index (χ4n) is 8.39. The SMILES string of the molecule is CCCCCCCCCCCCCCCCCC(=O)O[C@@H](COC(=O)CCCCCCCCCCCCCCCC)COC(=O)CCCCCCCCCCCCCC(C)C. The van der Waals surface area contributed by atoms with Crippen molar-refractivity contribution in [3.05, 3.63) is 0 Å². The second-order valence-corrected chi connectivity index (χ2v) is 19.3. The molecule has 0 fully saturated rings. The Hall–Kier alpha value is -1.59. The zero-order valence-electron chi connectivity index (χ0n) is 41.6. The van der Waals surface area contributed by atoms with Crippen LogP contribution in [0.5, 0.6) is 0 Å². The zero-order chi connectivity index (χ0) is 44.5. The van der Waals surface area contributed by atoms with Gasteiger partial charge in [0.05, 0.1) is 0 Å². The molecule has 0 N–H and O–H groups in total. The van der Waals surface area contributed by atoms with Crippen LogP contribution < -0.4 is 0 Å². The first-order chi connectivity index (χ1) is 29.9. The lowest BCUT2D eigenvalue weighted by Gasteiger charge is -2.18. The van der Waals surface area contributed by atoms with Gasteiger partial charge in [0.2, 0.25) is 0 Å². The maximum absolute atomic E-state index is 12.8. The van der Waals surface area contributed by atoms with E-state index in [9.17, 15) is 14.4 Å². The Bertz CT molecular complexity index is 918. The fourth-order valence-corrected chi connectivity index (χ4v) is 8.39. The summed E-state index contributed by atoms with van der Waals surface area (Å²) >= 11 is 0. The molecule has 0 unspecified atom stereocenters. The van der Waals surface area contributed by atoms with E-state index in [1.165, 1.54) is 205 Å². The van der Waals surface area contributed by atoms with Crippen LogP contribution in [0.15, 0.2) is 0 Å². The zero-order valence-corrected chi connectivity index (χ0v) is 41.6. The molecule has 0 radical (unpaired) electrons. The van der Waals surface area contributed by atoms with Gasteiger partial charge in [0.15, 0.2) is 6.10 Å². The number of carbonyl (C=O) groups excluding carboxylic acids is 3. The summed E-state index contributed by atoms with van der Waals surface area (Å²) in [6.07, 6.45) is 52.3. The van der Waals surface area contributed by atoms with Gasteiger partial charge < -0.3 is 14.2 Å². The van der Waals surface area contributed by atoms with Crippen LogP contribution in [0.4, 0.5) is 0 Å². The van der Waals surface area contributed by atoms with Crippen molar-refractivity contribution in [1.29, 1.82) is 0 Å². The molecular weight excluding hydrogens is 757 g/mol. The average molecular weight is 863 g/mol. The Morgan fingerprint density at radius 3 is 0.803 bits per heavy atom. The minimum Gasteiger partial charge on any atom is -0.462 e. The third kappa shape index (κ3) is 49.3. The Kier molecular flexibility index (Phi) is 48.1. The molecule has 0 aromatic rings. The number of esters is 3. The van der Waals surface area contributed by atoms with Gasteiger partial charge in [0.1, 0.15) is 13.2 Å². The molecule has 0 saturated heterocycles. The maximum Gasteiger partial charge on any atom is 0.306 e. The van der Waals surface area contributed by atoms with Crippen molar-refractivity contribution in [3.8, 4) is 0 Å². The van der Waals surface area contributed by atoms with Crippen molar-refractivity contribution in [2.75, 3.05) is 13.2 Å². The van der Waals surface area contributed by atoms with Gasteiger partial charge in [-0.25, -0.2) is 0 Å². The smallest absolute Gasteiger partial charge is 0.306 e. The topological polar surface area (TPSA) is 78.9 Å². The molecular formula is C55H106O6. The van der Waals surface area contributed by atoms with Crippen molar-refractivity contribution in [2.45, 2.75) is 316 Å². The second kappa shape index (κ2) is 49.4. The summed E-state index contributed by atoms with van der Waals surface area (Å²) in [6.45, 7) is 9.04. The van der Waals surface area contributed by atoms with Crippen LogP contribution in [0.1, 0.15) is 310 Å². The summed E-state index contributed by atoms with van der Waals surface area (Å²) in [7, 11) is 0. The highest BCUT2D eigenvalue weighted by Crippen LogP contribution is 2.17. The van der Waals surface area contributed by atoms with Crippen LogP contribution in [-0.4, -0.2) is 37.2 Å². The second-order valence-electron chi connectivity index (χ2n) is 19.3. The first-order valence-corrected chi connectivity index (χ1v) is 27.4. The lowest BCUT2D eigenvalue weighted by atomic mass is 10.0. The largest absolute Gasteiger partial charge is 0.462 e. The minimum absolute atomic E-state index is 0.0622. The van der Waals surface area contributed by atoms with Gasteiger partial charge in [0, 0.05) is 19.3 Å². The quantitative estimate of drug-likeness (QED) is 0.0344. The van der Waals surface area contributed by atoms with Crippen molar-refractivity contribution in [3.63, 3.8) is 0 Å². The average Bonchev–Trinajstić information content (AvgIpc) is 3.24. The van der Waals surface area contributed by atoms with Crippen molar-refractivity contribution < 1.29 is 28.6 Å². The summed E-state index contributed by atoms with van der Waals surface area (Å²) in [6, 6.07) is 0. The number of unbranched alkanes of at least 4 members (excludes halogenated alkanes) is 37. The van der Waals surface area contributed by atoms with Gasteiger partial charge >= 0.3 is 17.9 Å². The minimum atomic E-state index is -0.761. The van der Waals surface area contributed by atoms with E-state index >= 15 is 0 Å². The van der Waals surface area contributed by atoms with E-state index in [-0.39, 0.29) is 31.1 Å². The van der Waals surface area contributed by atoms with E-state index in [0.717, 1.165) is 63.7 Å². The molecule has 0 aliphatic carbocycles. The fraction of sp³-hybridized carbons (Fsp3) is 0.945. The Balaban J connectivity index is 4.31. The third-order valence-corrected chi connectivity index (χ3v) is 12.5. The molecule has 6 heteroatoms. The Labute approximate surface area is 380 Å². The van der Waals surface area contributed by atoms with Crippen molar-refractivity contribution in [2.24, 2.45) is 5.92 Å². The van der Waals surface area contributed by atoms with Crippen LogP contribution in [0.2, 0.25) is 0 Å². The van der Waals surface area contributed by atoms with Gasteiger partial charge in [0.25, 0.3) is 0 Å². The Morgan fingerprint density at radius 1 is 0.311 bits per heavy atom. The number of hydrogen-bond acceptors (Lipinski definition) is 6. The van der Waals surface area contributed by atoms with Crippen molar-refractivity contribution >= 4 is 17.9 Å². The number of hydrogen-bond donors (Lipinski definition) is 0. The van der Waals surface area contributed by atoms with Crippen LogP contribution in [0.25, 0.3) is 0 Å². The number of carbonyl (C=O) groups is 3. The molecule has 0 heterocycles. The van der Waals surface area contributed by atoms with Gasteiger partial charge in [-0.05, 0) is 25.2 Å². The van der Waals surface area contributed by atoms with E-state index < -0.39 is 6.10 Å². The van der Waals surface area contributed by atoms with E-state index in [2.05, 4.69) is 27.7 Å². The van der Waals surface area contributed by atoms with Crippen LogP contribution in [0, 0.1) is 5.92 Å². The summed E-state index contributed by atoms with van der Waals surface area (Å²) in [5.74, 6) is -0.0124. The molecule has 0 amide bonds. The number of ether oxygens (including phenoxy) is 3. The summed E-state index contributed by atoms with van der Waals surface area (Å²) in [4.78, 5) is 38.0. The number of rotatable bonds is 50. The first kappa shape index (κ1) is 59.4. The highest BCUT2D eigenvalue weighted by atomic mass is 16.6. The molecule has 61 heavy (non-hydrogen) atoms. The molecule has 0 rings (SSSR count). The standard InChI is InChI=1S/C55H106O6/c1-5-7-9-11-13-15-17-19-21-23-27-32-36-40-44-48-55(58)61-52(49-59-53(56)46-42-38-34-30-26-22-20-18-16-14-12-10-8-6-2)50-60-54(57)47-43-39-35-31-28-24-25-29-33-37-41-45-51(3)4/h51-52H,5-50H2,1-4H3/t52-/m0/s1. The van der Waals surface area contributed by atoms with Gasteiger partial charge in [-0.2, -0.15) is 0 Å². The molecule has 362 valence electrons. The molecule has 0 bridgehead atoms.